The number of nitrogens with two attached hydrogens (primary N) is 1. The minimum atomic E-state index is -0.204. The van der Waals surface area contributed by atoms with E-state index < -0.39 is 0 Å². The first-order valence-electron chi connectivity index (χ1n) is 6.17. The first kappa shape index (κ1) is 10.9. The fourth-order valence-corrected chi connectivity index (χ4v) is 2.87. The zero-order chi connectivity index (χ0) is 10.9. The fourth-order valence-electron chi connectivity index (χ4n) is 2.87. The van der Waals surface area contributed by atoms with Crippen LogP contribution in [0.3, 0.4) is 0 Å². The van der Waals surface area contributed by atoms with Crippen LogP contribution in [0.4, 0.5) is 0 Å². The average molecular weight is 210 g/mol. The molecule has 0 bridgehead atoms. The molecule has 2 aliphatic carbocycles. The maximum absolute atomic E-state index is 12.4. The lowest BCUT2D eigenvalue weighted by Gasteiger charge is -2.40. The third kappa shape index (κ3) is 1.78. The minimum absolute atomic E-state index is 0.204. The Labute approximate surface area is 92.0 Å². The molecular weight excluding hydrogens is 188 g/mol. The van der Waals surface area contributed by atoms with Gasteiger partial charge in [0.15, 0.2) is 0 Å². The first-order valence-corrected chi connectivity index (χ1v) is 6.17. The van der Waals surface area contributed by atoms with Gasteiger partial charge in [-0.15, -0.1) is 0 Å². The second-order valence-corrected chi connectivity index (χ2v) is 5.19. The Morgan fingerprint density at radius 2 is 1.93 bits per heavy atom. The van der Waals surface area contributed by atoms with Crippen LogP contribution in [0.25, 0.3) is 0 Å². The Bertz CT molecular complexity index is 242. The molecule has 0 aromatic rings. The molecule has 2 saturated carbocycles. The van der Waals surface area contributed by atoms with Crippen LogP contribution in [0.15, 0.2) is 0 Å². The number of hydrogen-bond donors (Lipinski definition) is 1. The molecular formula is C12H22N2O. The van der Waals surface area contributed by atoms with E-state index in [1.807, 2.05) is 11.9 Å². The van der Waals surface area contributed by atoms with Crippen LogP contribution >= 0.6 is 0 Å². The summed E-state index contributed by atoms with van der Waals surface area (Å²) in [5.74, 6) is 0.312. The van der Waals surface area contributed by atoms with Crippen molar-refractivity contribution < 1.29 is 4.79 Å². The highest BCUT2D eigenvalue weighted by Crippen LogP contribution is 2.40. The Balaban J connectivity index is 2.03. The summed E-state index contributed by atoms with van der Waals surface area (Å²) in [5.41, 5.74) is 5.62. The standard InChI is InChI=1S/C12H22N2O/c1-14(10-5-4-6-10)11(15)12(9-13)7-2-3-8-12/h10H,2-9,13H2,1H3. The van der Waals surface area contributed by atoms with E-state index in [-0.39, 0.29) is 5.41 Å². The summed E-state index contributed by atoms with van der Waals surface area (Å²) in [6.45, 7) is 0.531. The van der Waals surface area contributed by atoms with Gasteiger partial charge in [-0.3, -0.25) is 4.79 Å². The van der Waals surface area contributed by atoms with Crippen molar-refractivity contribution in [2.75, 3.05) is 13.6 Å². The van der Waals surface area contributed by atoms with Crippen molar-refractivity contribution in [2.45, 2.75) is 51.0 Å². The van der Waals surface area contributed by atoms with Gasteiger partial charge in [0.25, 0.3) is 0 Å². The average Bonchev–Trinajstić information content (AvgIpc) is 2.63. The Morgan fingerprint density at radius 3 is 2.33 bits per heavy atom. The van der Waals surface area contributed by atoms with E-state index in [4.69, 9.17) is 5.73 Å². The van der Waals surface area contributed by atoms with E-state index in [9.17, 15) is 4.79 Å². The molecule has 0 heterocycles. The maximum Gasteiger partial charge on any atom is 0.230 e. The second kappa shape index (κ2) is 4.12. The number of carbonyl (C=O) groups is 1. The third-order valence-corrected chi connectivity index (χ3v) is 4.35. The predicted octanol–water partition coefficient (Wildman–Crippen LogP) is 1.52. The zero-order valence-corrected chi connectivity index (χ0v) is 9.67. The maximum atomic E-state index is 12.4. The van der Waals surface area contributed by atoms with Gasteiger partial charge in [-0.25, -0.2) is 0 Å². The lowest BCUT2D eigenvalue weighted by atomic mass is 9.82. The molecule has 0 spiro atoms. The molecule has 1 amide bonds. The van der Waals surface area contributed by atoms with Gasteiger partial charge in [0.2, 0.25) is 5.91 Å². The van der Waals surface area contributed by atoms with Gasteiger partial charge in [-0.2, -0.15) is 0 Å². The molecule has 0 aromatic heterocycles. The van der Waals surface area contributed by atoms with E-state index >= 15 is 0 Å². The summed E-state index contributed by atoms with van der Waals surface area (Å²) >= 11 is 0. The van der Waals surface area contributed by atoms with Crippen molar-refractivity contribution in [1.82, 2.24) is 4.90 Å². The van der Waals surface area contributed by atoms with E-state index in [1.54, 1.807) is 0 Å². The lowest BCUT2D eigenvalue weighted by Crippen LogP contribution is -2.50. The number of hydrogen-bond acceptors (Lipinski definition) is 2. The van der Waals surface area contributed by atoms with Gasteiger partial charge < -0.3 is 10.6 Å². The highest BCUT2D eigenvalue weighted by molar-refractivity contribution is 5.83. The third-order valence-electron chi connectivity index (χ3n) is 4.35. The number of rotatable bonds is 3. The number of carbonyl (C=O) groups excluding carboxylic acids is 1. The number of amides is 1. The molecule has 0 saturated heterocycles. The molecule has 86 valence electrons. The Kier molecular flexibility index (Phi) is 3.01. The van der Waals surface area contributed by atoms with Gasteiger partial charge >= 0.3 is 0 Å². The molecule has 0 radical (unpaired) electrons. The molecule has 15 heavy (non-hydrogen) atoms. The Morgan fingerprint density at radius 1 is 1.33 bits per heavy atom. The van der Waals surface area contributed by atoms with Gasteiger partial charge in [0, 0.05) is 19.6 Å². The van der Waals surface area contributed by atoms with Crippen LogP contribution in [0.1, 0.15) is 44.9 Å². The SMILES string of the molecule is CN(C(=O)C1(CN)CCCC1)C1CCC1. The van der Waals surface area contributed by atoms with Crippen molar-refractivity contribution >= 4 is 5.91 Å². The van der Waals surface area contributed by atoms with Gasteiger partial charge in [-0.1, -0.05) is 12.8 Å². The summed E-state index contributed by atoms with van der Waals surface area (Å²) < 4.78 is 0. The van der Waals surface area contributed by atoms with Crippen LogP contribution in [0.2, 0.25) is 0 Å². The molecule has 0 unspecified atom stereocenters. The van der Waals surface area contributed by atoms with E-state index in [0.29, 0.717) is 18.5 Å². The van der Waals surface area contributed by atoms with Crippen LogP contribution < -0.4 is 5.73 Å². The highest BCUT2D eigenvalue weighted by atomic mass is 16.2. The zero-order valence-electron chi connectivity index (χ0n) is 9.67. The summed E-state index contributed by atoms with van der Waals surface area (Å²) in [5, 5.41) is 0. The summed E-state index contributed by atoms with van der Waals surface area (Å²) in [6.07, 6.45) is 7.98. The smallest absolute Gasteiger partial charge is 0.230 e. The minimum Gasteiger partial charge on any atom is -0.342 e. The van der Waals surface area contributed by atoms with Crippen LogP contribution in [0, 0.1) is 5.41 Å². The van der Waals surface area contributed by atoms with Crippen LogP contribution in [-0.2, 0) is 4.79 Å². The summed E-state index contributed by atoms with van der Waals surface area (Å²) in [6, 6.07) is 0.501. The summed E-state index contributed by atoms with van der Waals surface area (Å²) in [4.78, 5) is 14.4. The molecule has 0 aromatic carbocycles. The van der Waals surface area contributed by atoms with Gasteiger partial charge in [0.1, 0.15) is 0 Å². The Hall–Kier alpha value is -0.570. The van der Waals surface area contributed by atoms with Crippen molar-refractivity contribution in [2.24, 2.45) is 11.1 Å². The lowest BCUT2D eigenvalue weighted by molar-refractivity contribution is -0.143. The molecule has 2 aliphatic rings. The molecule has 3 nitrogen and oxygen atoms in total. The monoisotopic (exact) mass is 210 g/mol. The number of nitrogens with zero attached hydrogens (tertiary/aromatic N) is 1. The quantitative estimate of drug-likeness (QED) is 0.767. The molecule has 2 rings (SSSR count). The van der Waals surface area contributed by atoms with Crippen LogP contribution in [0.5, 0.6) is 0 Å². The molecule has 3 heteroatoms. The van der Waals surface area contributed by atoms with E-state index in [0.717, 1.165) is 12.8 Å². The molecule has 2 N–H and O–H groups in total. The highest BCUT2D eigenvalue weighted by Gasteiger charge is 2.43. The van der Waals surface area contributed by atoms with Crippen molar-refractivity contribution in [3.8, 4) is 0 Å². The largest absolute Gasteiger partial charge is 0.342 e. The summed E-state index contributed by atoms with van der Waals surface area (Å²) in [7, 11) is 1.96. The predicted molar refractivity (Wildman–Crippen MR) is 60.4 cm³/mol. The first-order chi connectivity index (χ1) is 7.19. The van der Waals surface area contributed by atoms with Crippen molar-refractivity contribution in [3.05, 3.63) is 0 Å². The molecule has 0 aliphatic heterocycles. The normalized spacial score (nSPS) is 24.9. The van der Waals surface area contributed by atoms with Gasteiger partial charge in [-0.05, 0) is 32.1 Å². The fraction of sp³-hybridized carbons (Fsp3) is 0.917. The van der Waals surface area contributed by atoms with E-state index in [1.165, 1.54) is 32.1 Å². The van der Waals surface area contributed by atoms with E-state index in [2.05, 4.69) is 0 Å². The molecule has 2 fully saturated rings. The van der Waals surface area contributed by atoms with Crippen molar-refractivity contribution in [3.63, 3.8) is 0 Å². The topological polar surface area (TPSA) is 46.3 Å². The van der Waals surface area contributed by atoms with Crippen LogP contribution in [-0.4, -0.2) is 30.4 Å². The molecule has 0 atom stereocenters. The van der Waals surface area contributed by atoms with Crippen molar-refractivity contribution in [1.29, 1.82) is 0 Å². The second-order valence-electron chi connectivity index (χ2n) is 5.19. The van der Waals surface area contributed by atoms with Gasteiger partial charge in [0.05, 0.1) is 5.41 Å².